The Hall–Kier alpha value is -2.90. The fraction of sp³-hybridized carbons (Fsp3) is 0.316. The van der Waals surface area contributed by atoms with Crippen molar-refractivity contribution >= 4 is 11.7 Å². The molecule has 27 heavy (non-hydrogen) atoms. The molecule has 0 spiro atoms. The van der Waals surface area contributed by atoms with Gasteiger partial charge in [0.2, 0.25) is 0 Å². The van der Waals surface area contributed by atoms with Gasteiger partial charge in [-0.2, -0.15) is 13.2 Å². The van der Waals surface area contributed by atoms with Crippen LogP contribution in [-0.4, -0.2) is 31.3 Å². The molecule has 8 heteroatoms. The Morgan fingerprint density at radius 2 is 1.93 bits per heavy atom. The number of nitrogens with zero attached hydrogens (tertiary/aromatic N) is 1. The molecule has 0 unspecified atom stereocenters. The Kier molecular flexibility index (Phi) is 5.16. The lowest BCUT2D eigenvalue weighted by Gasteiger charge is -2.39. The Bertz CT molecular complexity index is 832. The first-order valence-corrected chi connectivity index (χ1v) is 8.22. The Labute approximate surface area is 153 Å². The second-order valence-corrected chi connectivity index (χ2v) is 6.29. The third-order valence-electron chi connectivity index (χ3n) is 4.35. The van der Waals surface area contributed by atoms with Crippen LogP contribution in [-0.2, 0) is 17.6 Å². The third-order valence-corrected chi connectivity index (χ3v) is 4.35. The van der Waals surface area contributed by atoms with Gasteiger partial charge in [-0.3, -0.25) is 4.79 Å². The SMILES string of the molecule is COc1cccc(COc2cc(N3CC(C(=O)O)C3)cc(C(F)(F)F)c2)c1. The summed E-state index contributed by atoms with van der Waals surface area (Å²) in [5, 5.41) is 8.95. The smallest absolute Gasteiger partial charge is 0.416 e. The maximum absolute atomic E-state index is 13.2. The van der Waals surface area contributed by atoms with E-state index < -0.39 is 23.6 Å². The lowest BCUT2D eigenvalue weighted by atomic mass is 9.99. The van der Waals surface area contributed by atoms with Gasteiger partial charge in [0.05, 0.1) is 18.6 Å². The fourth-order valence-electron chi connectivity index (χ4n) is 2.79. The number of ether oxygens (including phenoxy) is 2. The normalized spacial score (nSPS) is 14.6. The molecule has 1 aliphatic heterocycles. The summed E-state index contributed by atoms with van der Waals surface area (Å²) in [7, 11) is 1.52. The van der Waals surface area contributed by atoms with Gasteiger partial charge in [-0.25, -0.2) is 0 Å². The van der Waals surface area contributed by atoms with E-state index in [4.69, 9.17) is 14.6 Å². The van der Waals surface area contributed by atoms with Gasteiger partial charge in [-0.05, 0) is 29.8 Å². The first-order valence-electron chi connectivity index (χ1n) is 8.22. The zero-order valence-electron chi connectivity index (χ0n) is 14.5. The minimum atomic E-state index is -4.53. The van der Waals surface area contributed by atoms with Crippen molar-refractivity contribution in [1.29, 1.82) is 0 Å². The quantitative estimate of drug-likeness (QED) is 0.825. The van der Waals surface area contributed by atoms with E-state index in [1.54, 1.807) is 29.2 Å². The van der Waals surface area contributed by atoms with Crippen molar-refractivity contribution in [2.45, 2.75) is 12.8 Å². The van der Waals surface area contributed by atoms with Crippen molar-refractivity contribution in [2.24, 2.45) is 5.92 Å². The van der Waals surface area contributed by atoms with Crippen molar-refractivity contribution < 1.29 is 32.5 Å². The van der Waals surface area contributed by atoms with Crippen LogP contribution in [0.1, 0.15) is 11.1 Å². The number of alkyl halides is 3. The summed E-state index contributed by atoms with van der Waals surface area (Å²) >= 11 is 0. The highest BCUT2D eigenvalue weighted by Gasteiger charge is 2.36. The van der Waals surface area contributed by atoms with Crippen LogP contribution in [0.4, 0.5) is 18.9 Å². The van der Waals surface area contributed by atoms with E-state index in [9.17, 15) is 18.0 Å². The zero-order chi connectivity index (χ0) is 19.6. The molecule has 144 valence electrons. The zero-order valence-corrected chi connectivity index (χ0v) is 14.5. The van der Waals surface area contributed by atoms with E-state index in [1.165, 1.54) is 13.2 Å². The number of halogens is 3. The fourth-order valence-corrected chi connectivity index (χ4v) is 2.79. The van der Waals surface area contributed by atoms with Gasteiger partial charge in [0.25, 0.3) is 0 Å². The lowest BCUT2D eigenvalue weighted by molar-refractivity contribution is -0.142. The largest absolute Gasteiger partial charge is 0.497 e. The summed E-state index contributed by atoms with van der Waals surface area (Å²) in [4.78, 5) is 12.5. The predicted molar refractivity (Wildman–Crippen MR) is 92.1 cm³/mol. The number of hydrogen-bond donors (Lipinski definition) is 1. The molecular formula is C19H18F3NO4. The highest BCUT2D eigenvalue weighted by atomic mass is 19.4. The number of carboxylic acid groups (broad SMARTS) is 1. The molecule has 1 fully saturated rings. The molecule has 1 N–H and O–H groups in total. The number of methoxy groups -OCH3 is 1. The van der Waals surface area contributed by atoms with Gasteiger partial charge in [0.15, 0.2) is 0 Å². The molecule has 0 atom stereocenters. The minimum Gasteiger partial charge on any atom is -0.497 e. The van der Waals surface area contributed by atoms with Crippen molar-refractivity contribution in [1.82, 2.24) is 0 Å². The first kappa shape index (κ1) is 18.9. The van der Waals surface area contributed by atoms with Gasteiger partial charge in [-0.1, -0.05) is 12.1 Å². The van der Waals surface area contributed by atoms with Crippen LogP contribution in [0.15, 0.2) is 42.5 Å². The topological polar surface area (TPSA) is 59.0 Å². The summed E-state index contributed by atoms with van der Waals surface area (Å²) in [6, 6.07) is 10.5. The number of benzene rings is 2. The van der Waals surface area contributed by atoms with Gasteiger partial charge in [0.1, 0.15) is 18.1 Å². The average molecular weight is 381 g/mol. The standard InChI is InChI=1S/C19H18F3NO4/c1-26-16-4-2-3-12(5-16)11-27-17-7-14(19(20,21)22)6-15(8-17)23-9-13(10-23)18(24)25/h2-8,13H,9-11H2,1H3,(H,24,25). The van der Waals surface area contributed by atoms with E-state index in [0.717, 1.165) is 17.7 Å². The van der Waals surface area contributed by atoms with E-state index >= 15 is 0 Å². The van der Waals surface area contributed by atoms with Crippen molar-refractivity contribution in [3.8, 4) is 11.5 Å². The highest BCUT2D eigenvalue weighted by molar-refractivity contribution is 5.74. The van der Waals surface area contributed by atoms with Gasteiger partial charge in [-0.15, -0.1) is 0 Å². The number of anilines is 1. The van der Waals surface area contributed by atoms with Crippen LogP contribution in [0, 0.1) is 5.92 Å². The molecule has 0 radical (unpaired) electrons. The molecule has 1 heterocycles. The lowest BCUT2D eigenvalue weighted by Crippen LogP contribution is -2.50. The second kappa shape index (κ2) is 7.38. The molecule has 5 nitrogen and oxygen atoms in total. The van der Waals surface area contributed by atoms with Gasteiger partial charge in [0, 0.05) is 24.8 Å². The highest BCUT2D eigenvalue weighted by Crippen LogP contribution is 2.37. The molecule has 2 aromatic rings. The van der Waals surface area contributed by atoms with Crippen molar-refractivity contribution in [3.63, 3.8) is 0 Å². The summed E-state index contributed by atoms with van der Waals surface area (Å²) in [6.45, 7) is 0.424. The van der Waals surface area contributed by atoms with E-state index in [1.807, 2.05) is 0 Å². The van der Waals surface area contributed by atoms with Crippen molar-refractivity contribution in [2.75, 3.05) is 25.1 Å². The summed E-state index contributed by atoms with van der Waals surface area (Å²) < 4.78 is 50.3. The summed E-state index contributed by atoms with van der Waals surface area (Å²) in [6.07, 6.45) is -4.53. The number of carbonyl (C=O) groups is 1. The maximum atomic E-state index is 13.2. The van der Waals surface area contributed by atoms with Crippen LogP contribution in [0.3, 0.4) is 0 Å². The van der Waals surface area contributed by atoms with Crippen LogP contribution in [0.25, 0.3) is 0 Å². The molecule has 0 bridgehead atoms. The average Bonchev–Trinajstić information content (AvgIpc) is 2.57. The Balaban J connectivity index is 1.79. The summed E-state index contributed by atoms with van der Waals surface area (Å²) in [5.74, 6) is -0.823. The molecule has 1 saturated heterocycles. The van der Waals surface area contributed by atoms with E-state index in [-0.39, 0.29) is 25.4 Å². The molecule has 0 aromatic heterocycles. The van der Waals surface area contributed by atoms with E-state index in [0.29, 0.717) is 11.4 Å². The molecule has 1 aliphatic rings. The van der Waals surface area contributed by atoms with Crippen LogP contribution < -0.4 is 14.4 Å². The number of rotatable bonds is 6. The van der Waals surface area contributed by atoms with Crippen LogP contribution in [0.5, 0.6) is 11.5 Å². The van der Waals surface area contributed by atoms with Crippen LogP contribution in [0.2, 0.25) is 0 Å². The first-order chi connectivity index (χ1) is 12.8. The van der Waals surface area contributed by atoms with Crippen molar-refractivity contribution in [3.05, 3.63) is 53.6 Å². The second-order valence-electron chi connectivity index (χ2n) is 6.29. The molecule has 0 amide bonds. The molecule has 0 saturated carbocycles. The Morgan fingerprint density at radius 1 is 1.19 bits per heavy atom. The maximum Gasteiger partial charge on any atom is 0.416 e. The number of carboxylic acids is 1. The molecule has 3 rings (SSSR count). The predicted octanol–water partition coefficient (Wildman–Crippen LogP) is 3.81. The molecule has 2 aromatic carbocycles. The number of hydrogen-bond acceptors (Lipinski definition) is 4. The molecular weight excluding hydrogens is 363 g/mol. The van der Waals surface area contributed by atoms with Gasteiger partial charge >= 0.3 is 12.1 Å². The molecule has 0 aliphatic carbocycles. The van der Waals surface area contributed by atoms with E-state index in [2.05, 4.69) is 0 Å². The number of aliphatic carboxylic acids is 1. The Morgan fingerprint density at radius 3 is 2.56 bits per heavy atom. The third kappa shape index (κ3) is 4.45. The minimum absolute atomic E-state index is 0.0708. The van der Waals surface area contributed by atoms with Gasteiger partial charge < -0.3 is 19.5 Å². The monoisotopic (exact) mass is 381 g/mol. The van der Waals surface area contributed by atoms with Crippen LogP contribution >= 0.6 is 0 Å². The summed E-state index contributed by atoms with van der Waals surface area (Å²) in [5.41, 5.74) is 0.214.